The first-order valence-corrected chi connectivity index (χ1v) is 7.98. The molecule has 6 heteroatoms. The normalized spacial score (nSPS) is 24.3. The summed E-state index contributed by atoms with van der Waals surface area (Å²) in [6, 6.07) is 3.86. The molecule has 2 aliphatic heterocycles. The molecule has 2 heterocycles. The predicted octanol–water partition coefficient (Wildman–Crippen LogP) is 2.13. The van der Waals surface area contributed by atoms with Gasteiger partial charge in [-0.15, -0.1) is 0 Å². The molecule has 0 saturated carbocycles. The fourth-order valence-electron chi connectivity index (χ4n) is 3.22. The quantitative estimate of drug-likeness (QED) is 0.870. The Kier molecular flexibility index (Phi) is 4.19. The van der Waals surface area contributed by atoms with Crippen LogP contribution in [-0.2, 0) is 9.53 Å². The van der Waals surface area contributed by atoms with Gasteiger partial charge in [0, 0.05) is 41.8 Å². The minimum Gasteiger partial charge on any atom is -0.384 e. The van der Waals surface area contributed by atoms with Gasteiger partial charge in [-0.3, -0.25) is 4.79 Å². The third-order valence-corrected chi connectivity index (χ3v) is 4.90. The van der Waals surface area contributed by atoms with Crippen LogP contribution >= 0.6 is 15.9 Å². The zero-order valence-electron chi connectivity index (χ0n) is 12.3. The molecule has 114 valence electrons. The summed E-state index contributed by atoms with van der Waals surface area (Å²) in [5.41, 5.74) is 3.06. The van der Waals surface area contributed by atoms with Gasteiger partial charge in [0.2, 0.25) is 5.91 Å². The molecule has 0 aromatic heterocycles. The first-order chi connectivity index (χ1) is 10.1. The summed E-state index contributed by atoms with van der Waals surface area (Å²) in [5, 5.41) is 6.00. The third kappa shape index (κ3) is 2.67. The van der Waals surface area contributed by atoms with Gasteiger partial charge in [-0.05, 0) is 41.5 Å². The molecule has 2 aliphatic rings. The molecule has 0 radical (unpaired) electrons. The van der Waals surface area contributed by atoms with E-state index < -0.39 is 0 Å². The van der Waals surface area contributed by atoms with Crippen LogP contribution in [0.1, 0.15) is 18.0 Å². The lowest BCUT2D eigenvalue weighted by atomic mass is 10.1. The van der Waals surface area contributed by atoms with E-state index >= 15 is 0 Å². The molecule has 2 atom stereocenters. The SMILES string of the molecule is CNC1C(=O)Nc2cc(N3CCC(COC)C3)c(Br)cc21. The summed E-state index contributed by atoms with van der Waals surface area (Å²) in [5.74, 6) is 0.588. The number of rotatable bonds is 4. The zero-order chi connectivity index (χ0) is 15.0. The van der Waals surface area contributed by atoms with Crippen molar-refractivity contribution in [3.05, 3.63) is 22.2 Å². The molecule has 2 unspecified atom stereocenters. The number of methoxy groups -OCH3 is 1. The zero-order valence-corrected chi connectivity index (χ0v) is 13.9. The fraction of sp³-hybridized carbons (Fsp3) is 0.533. The van der Waals surface area contributed by atoms with Crippen molar-refractivity contribution in [1.82, 2.24) is 5.32 Å². The van der Waals surface area contributed by atoms with Crippen molar-refractivity contribution in [3.63, 3.8) is 0 Å². The van der Waals surface area contributed by atoms with E-state index in [-0.39, 0.29) is 11.9 Å². The Bertz CT molecular complexity index is 564. The minimum absolute atomic E-state index is 0.00947. The summed E-state index contributed by atoms with van der Waals surface area (Å²) < 4.78 is 6.29. The number of likely N-dealkylation sites (N-methyl/N-ethyl adjacent to an activating group) is 1. The van der Waals surface area contributed by atoms with Crippen LogP contribution in [0.15, 0.2) is 16.6 Å². The van der Waals surface area contributed by atoms with Crippen molar-refractivity contribution in [3.8, 4) is 0 Å². The highest BCUT2D eigenvalue weighted by Crippen LogP contribution is 2.40. The van der Waals surface area contributed by atoms with E-state index in [0.29, 0.717) is 5.92 Å². The lowest BCUT2D eigenvalue weighted by Gasteiger charge is -2.21. The Morgan fingerprint density at radius 2 is 2.33 bits per heavy atom. The molecular formula is C15H20BrN3O2. The number of benzene rings is 1. The topological polar surface area (TPSA) is 53.6 Å². The number of halogens is 1. The second-order valence-electron chi connectivity index (χ2n) is 5.66. The summed E-state index contributed by atoms with van der Waals surface area (Å²) in [6.45, 7) is 2.82. The maximum Gasteiger partial charge on any atom is 0.246 e. The van der Waals surface area contributed by atoms with E-state index in [4.69, 9.17) is 4.74 Å². The molecule has 0 spiro atoms. The van der Waals surface area contributed by atoms with Gasteiger partial charge in [-0.2, -0.15) is 0 Å². The highest BCUT2D eigenvalue weighted by atomic mass is 79.9. The molecular weight excluding hydrogens is 334 g/mol. The van der Waals surface area contributed by atoms with Crippen LogP contribution in [0.3, 0.4) is 0 Å². The molecule has 1 amide bonds. The van der Waals surface area contributed by atoms with Crippen molar-refractivity contribution in [2.45, 2.75) is 12.5 Å². The third-order valence-electron chi connectivity index (χ3n) is 4.27. The van der Waals surface area contributed by atoms with Crippen molar-refractivity contribution >= 4 is 33.2 Å². The summed E-state index contributed by atoms with van der Waals surface area (Å²) in [6.07, 6.45) is 1.14. The number of hydrogen-bond donors (Lipinski definition) is 2. The molecule has 1 saturated heterocycles. The Labute approximate surface area is 133 Å². The molecule has 2 N–H and O–H groups in total. The first kappa shape index (κ1) is 14.8. The lowest BCUT2D eigenvalue weighted by molar-refractivity contribution is -0.117. The molecule has 3 rings (SSSR count). The van der Waals surface area contributed by atoms with Gasteiger partial charge in [0.1, 0.15) is 6.04 Å². The predicted molar refractivity (Wildman–Crippen MR) is 86.8 cm³/mol. The summed E-state index contributed by atoms with van der Waals surface area (Å²) in [7, 11) is 3.55. The van der Waals surface area contributed by atoms with Crippen molar-refractivity contribution in [2.24, 2.45) is 5.92 Å². The van der Waals surface area contributed by atoms with E-state index in [1.165, 1.54) is 0 Å². The average molecular weight is 354 g/mol. The standard InChI is InChI=1S/C15H20BrN3O2/c1-17-14-10-5-11(16)13(6-12(10)18-15(14)20)19-4-3-9(7-19)8-21-2/h5-6,9,14,17H,3-4,7-8H2,1-2H3,(H,18,20). The van der Waals surface area contributed by atoms with Crippen LogP contribution in [0.4, 0.5) is 11.4 Å². The largest absolute Gasteiger partial charge is 0.384 e. The molecule has 1 aromatic rings. The van der Waals surface area contributed by atoms with Gasteiger partial charge in [0.25, 0.3) is 0 Å². The molecule has 1 fully saturated rings. The lowest BCUT2D eigenvalue weighted by Crippen LogP contribution is -2.23. The summed E-state index contributed by atoms with van der Waals surface area (Å²) >= 11 is 3.66. The van der Waals surface area contributed by atoms with E-state index in [1.54, 1.807) is 14.2 Å². The molecule has 21 heavy (non-hydrogen) atoms. The van der Waals surface area contributed by atoms with Gasteiger partial charge in [-0.1, -0.05) is 0 Å². The van der Waals surface area contributed by atoms with Gasteiger partial charge in [0.05, 0.1) is 12.3 Å². The van der Waals surface area contributed by atoms with Crippen LogP contribution in [-0.4, -0.2) is 39.8 Å². The second-order valence-corrected chi connectivity index (χ2v) is 6.51. The number of hydrogen-bond acceptors (Lipinski definition) is 4. The number of ether oxygens (including phenoxy) is 1. The van der Waals surface area contributed by atoms with Gasteiger partial charge < -0.3 is 20.3 Å². The Hall–Kier alpha value is -1.11. The highest BCUT2D eigenvalue weighted by molar-refractivity contribution is 9.10. The van der Waals surface area contributed by atoms with Gasteiger partial charge in [0.15, 0.2) is 0 Å². The molecule has 1 aromatic carbocycles. The molecule has 0 bridgehead atoms. The fourth-order valence-corrected chi connectivity index (χ4v) is 3.83. The highest BCUT2D eigenvalue weighted by Gasteiger charge is 2.32. The smallest absolute Gasteiger partial charge is 0.246 e. The molecule has 5 nitrogen and oxygen atoms in total. The van der Waals surface area contributed by atoms with E-state index in [9.17, 15) is 4.79 Å². The van der Waals surface area contributed by atoms with Gasteiger partial charge >= 0.3 is 0 Å². The number of amides is 1. The van der Waals surface area contributed by atoms with Crippen molar-refractivity contribution in [2.75, 3.05) is 44.1 Å². The number of carbonyl (C=O) groups is 1. The number of carbonyl (C=O) groups excluding carboxylic acids is 1. The summed E-state index contributed by atoms with van der Waals surface area (Å²) in [4.78, 5) is 14.3. The van der Waals surface area contributed by atoms with E-state index in [2.05, 4.69) is 37.5 Å². The first-order valence-electron chi connectivity index (χ1n) is 7.19. The maximum absolute atomic E-state index is 11.9. The number of nitrogens with zero attached hydrogens (tertiary/aromatic N) is 1. The Balaban J connectivity index is 1.86. The van der Waals surface area contributed by atoms with Crippen LogP contribution in [0.5, 0.6) is 0 Å². The van der Waals surface area contributed by atoms with E-state index in [0.717, 1.165) is 47.5 Å². The van der Waals surface area contributed by atoms with Crippen LogP contribution < -0.4 is 15.5 Å². The Morgan fingerprint density at radius 3 is 3.05 bits per heavy atom. The molecule has 0 aliphatic carbocycles. The number of fused-ring (bicyclic) bond motifs is 1. The Morgan fingerprint density at radius 1 is 1.52 bits per heavy atom. The van der Waals surface area contributed by atoms with E-state index in [1.807, 2.05) is 6.07 Å². The van der Waals surface area contributed by atoms with Crippen LogP contribution in [0, 0.1) is 5.92 Å². The second kappa shape index (κ2) is 5.94. The van der Waals surface area contributed by atoms with Crippen LogP contribution in [0.2, 0.25) is 0 Å². The minimum atomic E-state index is -0.259. The number of nitrogens with one attached hydrogen (secondary N) is 2. The maximum atomic E-state index is 11.9. The number of anilines is 2. The monoisotopic (exact) mass is 353 g/mol. The van der Waals surface area contributed by atoms with Crippen LogP contribution in [0.25, 0.3) is 0 Å². The van der Waals surface area contributed by atoms with Crippen molar-refractivity contribution < 1.29 is 9.53 Å². The van der Waals surface area contributed by atoms with Crippen molar-refractivity contribution in [1.29, 1.82) is 0 Å². The average Bonchev–Trinajstić information content (AvgIpc) is 3.02. The van der Waals surface area contributed by atoms with Gasteiger partial charge in [-0.25, -0.2) is 0 Å².